The average Bonchev–Trinajstić information content (AvgIpc) is 1.87. The Balaban J connectivity index is 3.04. The molecule has 1 aromatic rings. The molecule has 36 valence electrons. The lowest BCUT2D eigenvalue weighted by Gasteiger charge is -1.70. The highest BCUT2D eigenvalue weighted by Gasteiger charge is 1.84. The normalized spacial score (nSPS) is 9.29. The van der Waals surface area contributed by atoms with Crippen molar-refractivity contribution in [3.8, 4) is 0 Å². The highest BCUT2D eigenvalue weighted by Crippen LogP contribution is 1.98. The molecule has 0 unspecified atom stereocenters. The summed E-state index contributed by atoms with van der Waals surface area (Å²) in [6.07, 6.45) is 0. The molecular weight excluding hydrogens is 103 g/mol. The van der Waals surface area contributed by atoms with Crippen LogP contribution in [0.15, 0.2) is 11.4 Å². The van der Waals surface area contributed by atoms with E-state index in [2.05, 4.69) is 26.2 Å². The molecule has 0 aliphatic carbocycles. The van der Waals surface area contributed by atoms with Crippen molar-refractivity contribution in [1.82, 2.24) is 0 Å². The quantitative estimate of drug-likeness (QED) is 0.422. The minimum atomic E-state index is 1.38. The summed E-state index contributed by atoms with van der Waals surface area (Å²) in [5, 5.41) is 2.16. The third kappa shape index (κ3) is 1.06. The van der Waals surface area contributed by atoms with E-state index in [-0.39, 0.29) is 0 Å². The molecular formula is C5H7BS. The molecule has 0 radical (unpaired) electrons. The number of thiophene rings is 1. The Hall–Kier alpha value is -0.235. The zero-order valence-electron chi connectivity index (χ0n) is 4.56. The molecule has 0 nitrogen and oxygen atoms in total. The summed E-state index contributed by atoms with van der Waals surface area (Å²) in [6.45, 7) is 2.11. The van der Waals surface area contributed by atoms with Gasteiger partial charge in [0, 0.05) is 0 Å². The molecule has 0 bridgehead atoms. The topological polar surface area (TPSA) is 0 Å². The standard InChI is InChI=1S/C5H7BS/c1-4-2-5(6)7-3-4/h2-3H,6H2,1H3. The average molecular weight is 110 g/mol. The summed E-state index contributed by atoms with van der Waals surface area (Å²) in [5.41, 5.74) is 1.38. The van der Waals surface area contributed by atoms with E-state index in [4.69, 9.17) is 0 Å². The first-order valence-electron chi connectivity index (χ1n) is 2.31. The van der Waals surface area contributed by atoms with Crippen LogP contribution in [0.25, 0.3) is 0 Å². The van der Waals surface area contributed by atoms with Crippen LogP contribution in [0.1, 0.15) is 5.56 Å². The van der Waals surface area contributed by atoms with Crippen LogP contribution in [0.2, 0.25) is 0 Å². The monoisotopic (exact) mass is 110 g/mol. The van der Waals surface area contributed by atoms with E-state index in [0.29, 0.717) is 0 Å². The first-order valence-corrected chi connectivity index (χ1v) is 3.19. The summed E-state index contributed by atoms with van der Waals surface area (Å²) in [4.78, 5) is 0. The third-order valence-electron chi connectivity index (χ3n) is 0.862. The molecule has 1 rings (SSSR count). The van der Waals surface area contributed by atoms with Crippen molar-refractivity contribution in [3.05, 3.63) is 17.0 Å². The van der Waals surface area contributed by atoms with Crippen molar-refractivity contribution in [2.45, 2.75) is 6.92 Å². The summed E-state index contributed by atoms with van der Waals surface area (Å²) in [7, 11) is 2.12. The second kappa shape index (κ2) is 1.70. The Bertz CT molecular complexity index is 140. The van der Waals surface area contributed by atoms with Crippen LogP contribution >= 0.6 is 11.3 Å². The van der Waals surface area contributed by atoms with Crippen molar-refractivity contribution < 1.29 is 0 Å². The van der Waals surface area contributed by atoms with Crippen LogP contribution < -0.4 is 4.78 Å². The van der Waals surface area contributed by atoms with Gasteiger partial charge in [-0.3, -0.25) is 0 Å². The maximum atomic E-state index is 2.19. The van der Waals surface area contributed by atoms with Gasteiger partial charge in [0.15, 0.2) is 7.85 Å². The first kappa shape index (κ1) is 4.91. The van der Waals surface area contributed by atoms with Gasteiger partial charge in [0.05, 0.1) is 0 Å². The SMILES string of the molecule is Bc1cc(C)cs1. The summed E-state index contributed by atoms with van der Waals surface area (Å²) >= 11 is 1.80. The molecule has 0 aliphatic rings. The fourth-order valence-electron chi connectivity index (χ4n) is 0.575. The van der Waals surface area contributed by atoms with Crippen molar-refractivity contribution in [2.75, 3.05) is 0 Å². The molecule has 0 N–H and O–H groups in total. The van der Waals surface area contributed by atoms with Crippen molar-refractivity contribution in [3.63, 3.8) is 0 Å². The molecule has 0 saturated carbocycles. The van der Waals surface area contributed by atoms with Gasteiger partial charge in [0.25, 0.3) is 0 Å². The Labute approximate surface area is 48.6 Å². The second-order valence-corrected chi connectivity index (χ2v) is 2.85. The lowest BCUT2D eigenvalue weighted by atomic mass is 10.1. The van der Waals surface area contributed by atoms with Crippen molar-refractivity contribution >= 4 is 24.0 Å². The molecule has 1 heterocycles. The van der Waals surface area contributed by atoms with Crippen LogP contribution in [-0.2, 0) is 0 Å². The molecule has 0 aromatic carbocycles. The fraction of sp³-hybridized carbons (Fsp3) is 0.200. The maximum absolute atomic E-state index is 2.19. The number of rotatable bonds is 0. The minimum absolute atomic E-state index is 1.38. The van der Waals surface area contributed by atoms with E-state index in [1.165, 1.54) is 10.3 Å². The Morgan fingerprint density at radius 3 is 2.57 bits per heavy atom. The van der Waals surface area contributed by atoms with E-state index >= 15 is 0 Å². The van der Waals surface area contributed by atoms with Gasteiger partial charge < -0.3 is 0 Å². The van der Waals surface area contributed by atoms with E-state index in [0.717, 1.165) is 0 Å². The summed E-state index contributed by atoms with van der Waals surface area (Å²) in [5.74, 6) is 0. The molecule has 0 aliphatic heterocycles. The van der Waals surface area contributed by atoms with Crippen molar-refractivity contribution in [1.29, 1.82) is 0 Å². The Kier molecular flexibility index (Phi) is 1.20. The molecule has 2 heteroatoms. The first-order chi connectivity index (χ1) is 3.29. The third-order valence-corrected chi connectivity index (χ3v) is 1.84. The van der Waals surface area contributed by atoms with Crippen LogP contribution in [0.3, 0.4) is 0 Å². The number of hydrogen-bond donors (Lipinski definition) is 0. The second-order valence-electron chi connectivity index (χ2n) is 1.73. The van der Waals surface area contributed by atoms with Gasteiger partial charge >= 0.3 is 0 Å². The smallest absolute Gasteiger partial charge is 0.152 e. The van der Waals surface area contributed by atoms with Crippen LogP contribution in [0.5, 0.6) is 0 Å². The zero-order valence-corrected chi connectivity index (χ0v) is 5.38. The lowest BCUT2D eigenvalue weighted by molar-refractivity contribution is 1.57. The molecule has 7 heavy (non-hydrogen) atoms. The van der Waals surface area contributed by atoms with Gasteiger partial charge in [-0.05, 0) is 22.6 Å². The molecule has 0 saturated heterocycles. The number of hydrogen-bond acceptors (Lipinski definition) is 1. The molecule has 0 spiro atoms. The zero-order chi connectivity index (χ0) is 5.28. The van der Waals surface area contributed by atoms with Gasteiger partial charge in [-0.2, -0.15) is 11.3 Å². The minimum Gasteiger partial charge on any atom is -0.159 e. The van der Waals surface area contributed by atoms with E-state index < -0.39 is 0 Å². The van der Waals surface area contributed by atoms with E-state index in [1.807, 2.05) is 0 Å². The van der Waals surface area contributed by atoms with Gasteiger partial charge in [0.1, 0.15) is 0 Å². The highest BCUT2D eigenvalue weighted by atomic mass is 32.1. The Morgan fingerprint density at radius 2 is 2.43 bits per heavy atom. The summed E-state index contributed by atoms with van der Waals surface area (Å²) < 4.78 is 1.40. The molecule has 0 amide bonds. The lowest BCUT2D eigenvalue weighted by Crippen LogP contribution is -1.89. The molecule has 0 atom stereocenters. The van der Waals surface area contributed by atoms with Crippen LogP contribution in [0.4, 0.5) is 0 Å². The van der Waals surface area contributed by atoms with Gasteiger partial charge in [-0.15, -0.1) is 0 Å². The largest absolute Gasteiger partial charge is 0.159 e. The summed E-state index contributed by atoms with van der Waals surface area (Å²) in [6, 6.07) is 2.19. The fourth-order valence-corrected chi connectivity index (χ4v) is 1.27. The van der Waals surface area contributed by atoms with Crippen molar-refractivity contribution in [2.24, 2.45) is 0 Å². The van der Waals surface area contributed by atoms with Crippen LogP contribution in [-0.4, -0.2) is 7.85 Å². The predicted molar refractivity (Wildman–Crippen MR) is 37.2 cm³/mol. The van der Waals surface area contributed by atoms with E-state index in [1.54, 1.807) is 11.3 Å². The van der Waals surface area contributed by atoms with Gasteiger partial charge in [-0.1, -0.05) is 6.07 Å². The highest BCUT2D eigenvalue weighted by molar-refractivity contribution is 7.18. The molecule has 0 fully saturated rings. The van der Waals surface area contributed by atoms with Gasteiger partial charge in [-0.25, -0.2) is 0 Å². The van der Waals surface area contributed by atoms with Gasteiger partial charge in [0.2, 0.25) is 0 Å². The van der Waals surface area contributed by atoms with Crippen LogP contribution in [0, 0.1) is 6.92 Å². The number of aryl methyl sites for hydroxylation is 1. The molecule has 1 aromatic heterocycles. The van der Waals surface area contributed by atoms with E-state index in [9.17, 15) is 0 Å². The maximum Gasteiger partial charge on any atom is 0.152 e. The predicted octanol–water partition coefficient (Wildman–Crippen LogP) is 0.315. The Morgan fingerprint density at radius 1 is 1.71 bits per heavy atom.